The molecule has 0 unspecified atom stereocenters. The Kier molecular flexibility index (Phi) is 5.14. The van der Waals surface area contributed by atoms with E-state index >= 15 is 0 Å². The summed E-state index contributed by atoms with van der Waals surface area (Å²) in [6.45, 7) is 5.75. The maximum absolute atomic E-state index is 14.2. The Bertz CT molecular complexity index is 513. The first-order valence-electron chi connectivity index (χ1n) is 6.15. The third-order valence-electron chi connectivity index (χ3n) is 3.02. The second-order valence-electron chi connectivity index (χ2n) is 5.46. The lowest BCUT2D eigenvalue weighted by atomic mass is 9.84. The van der Waals surface area contributed by atoms with E-state index in [4.69, 9.17) is 9.47 Å². The highest BCUT2D eigenvalue weighted by Gasteiger charge is 2.26. The Hall–Kier alpha value is -1.59. The summed E-state index contributed by atoms with van der Waals surface area (Å²) in [5.74, 6) is -1.68. The van der Waals surface area contributed by atoms with E-state index in [9.17, 15) is 14.0 Å². The maximum Gasteiger partial charge on any atom is 0.228 e. The number of carbonyl (C=O) groups excluding carboxylic acids is 2. The van der Waals surface area contributed by atoms with Crippen molar-refractivity contribution in [2.24, 2.45) is 0 Å². The summed E-state index contributed by atoms with van der Waals surface area (Å²) in [7, 11) is 2.76. The van der Waals surface area contributed by atoms with Crippen LogP contribution in [0, 0.1) is 5.82 Å². The summed E-state index contributed by atoms with van der Waals surface area (Å²) in [5, 5.41) is 0. The molecule has 0 fully saturated rings. The van der Waals surface area contributed by atoms with Gasteiger partial charge in [-0.3, -0.25) is 9.59 Å². The lowest BCUT2D eigenvalue weighted by Crippen LogP contribution is -2.18. The molecule has 0 saturated heterocycles. The van der Waals surface area contributed by atoms with Gasteiger partial charge in [-0.2, -0.15) is 0 Å². The van der Waals surface area contributed by atoms with E-state index in [0.717, 1.165) is 0 Å². The van der Waals surface area contributed by atoms with Gasteiger partial charge >= 0.3 is 0 Å². The molecular weight excluding hydrogens is 263 g/mol. The van der Waals surface area contributed by atoms with E-state index in [1.807, 2.05) is 20.8 Å². The molecule has 0 amide bonds. The molecule has 20 heavy (non-hydrogen) atoms. The van der Waals surface area contributed by atoms with Gasteiger partial charge in [-0.05, 0) is 23.1 Å². The molecule has 0 aliphatic heterocycles. The highest BCUT2D eigenvalue weighted by Crippen LogP contribution is 2.31. The molecule has 0 aliphatic rings. The molecule has 1 rings (SSSR count). The zero-order chi connectivity index (χ0) is 15.5. The Morgan fingerprint density at radius 2 is 1.80 bits per heavy atom. The molecule has 5 heteroatoms. The zero-order valence-electron chi connectivity index (χ0n) is 12.3. The van der Waals surface area contributed by atoms with Crippen LogP contribution in [-0.2, 0) is 19.7 Å². The maximum atomic E-state index is 14.2. The summed E-state index contributed by atoms with van der Waals surface area (Å²) >= 11 is 0. The zero-order valence-corrected chi connectivity index (χ0v) is 12.3. The minimum absolute atomic E-state index is 0.0844. The minimum atomic E-state index is -0.933. The van der Waals surface area contributed by atoms with Crippen LogP contribution in [0.15, 0.2) is 12.1 Å². The van der Waals surface area contributed by atoms with Crippen LogP contribution in [0.4, 0.5) is 4.39 Å². The van der Waals surface area contributed by atoms with Crippen LogP contribution in [0.3, 0.4) is 0 Å². The van der Waals surface area contributed by atoms with Gasteiger partial charge in [0.05, 0.1) is 5.56 Å². The molecule has 1 aromatic rings. The standard InChI is InChI=1S/C15H19FO4/c1-15(2,3)9-6-10(14(19-4)20-5)13(11(16)7-9)12(18)8-17/h6-8,14H,1-5H3. The molecule has 0 heterocycles. The summed E-state index contributed by atoms with van der Waals surface area (Å²) in [5.41, 5.74) is 0.287. The Labute approximate surface area is 117 Å². The first-order chi connectivity index (χ1) is 9.26. The third kappa shape index (κ3) is 3.29. The van der Waals surface area contributed by atoms with Gasteiger partial charge in [0.1, 0.15) is 5.82 Å². The topological polar surface area (TPSA) is 52.6 Å². The fourth-order valence-corrected chi connectivity index (χ4v) is 1.92. The number of ether oxygens (including phenoxy) is 2. The van der Waals surface area contributed by atoms with Crippen LogP contribution in [0.1, 0.15) is 48.5 Å². The van der Waals surface area contributed by atoms with Crippen molar-refractivity contribution in [1.29, 1.82) is 0 Å². The minimum Gasteiger partial charge on any atom is -0.352 e. The van der Waals surface area contributed by atoms with E-state index in [1.54, 1.807) is 6.07 Å². The van der Waals surface area contributed by atoms with Crippen LogP contribution >= 0.6 is 0 Å². The SMILES string of the molecule is COC(OC)c1cc(C(C)(C)C)cc(F)c1C(=O)C=O. The predicted octanol–water partition coefficient (Wildman–Crippen LogP) is 2.80. The molecule has 0 aliphatic carbocycles. The molecule has 0 spiro atoms. The van der Waals surface area contributed by atoms with Gasteiger partial charge < -0.3 is 9.47 Å². The molecule has 4 nitrogen and oxygen atoms in total. The molecule has 0 N–H and O–H groups in total. The lowest BCUT2D eigenvalue weighted by Gasteiger charge is -2.24. The molecule has 0 atom stereocenters. The second-order valence-corrected chi connectivity index (χ2v) is 5.46. The number of halogens is 1. The summed E-state index contributed by atoms with van der Waals surface area (Å²) in [6, 6.07) is 2.90. The van der Waals surface area contributed by atoms with Crippen LogP contribution in [0.2, 0.25) is 0 Å². The largest absolute Gasteiger partial charge is 0.352 e. The summed E-state index contributed by atoms with van der Waals surface area (Å²) < 4.78 is 24.4. The Morgan fingerprint density at radius 3 is 2.20 bits per heavy atom. The average Bonchev–Trinajstić information content (AvgIpc) is 2.38. The number of benzene rings is 1. The van der Waals surface area contributed by atoms with E-state index < -0.39 is 17.9 Å². The smallest absolute Gasteiger partial charge is 0.228 e. The second kappa shape index (κ2) is 6.24. The van der Waals surface area contributed by atoms with Crippen LogP contribution in [-0.4, -0.2) is 26.3 Å². The van der Waals surface area contributed by atoms with Crippen molar-refractivity contribution < 1.29 is 23.5 Å². The average molecular weight is 282 g/mol. The molecule has 0 radical (unpaired) electrons. The number of Topliss-reactive ketones (excluding diaryl/α,β-unsaturated/α-hetero) is 1. The van der Waals surface area contributed by atoms with E-state index in [1.165, 1.54) is 20.3 Å². The normalized spacial score (nSPS) is 11.8. The third-order valence-corrected chi connectivity index (χ3v) is 3.02. The van der Waals surface area contributed by atoms with Crippen molar-refractivity contribution in [1.82, 2.24) is 0 Å². The number of methoxy groups -OCH3 is 2. The summed E-state index contributed by atoms with van der Waals surface area (Å²) in [6.07, 6.45) is -0.827. The number of carbonyl (C=O) groups is 2. The number of hydrogen-bond donors (Lipinski definition) is 0. The summed E-state index contributed by atoms with van der Waals surface area (Å²) in [4.78, 5) is 22.3. The number of ketones is 1. The molecule has 1 aromatic carbocycles. The van der Waals surface area contributed by atoms with Crippen molar-refractivity contribution in [3.8, 4) is 0 Å². The van der Waals surface area contributed by atoms with Crippen LogP contribution < -0.4 is 0 Å². The van der Waals surface area contributed by atoms with Gasteiger partial charge in [0.15, 0.2) is 12.6 Å². The van der Waals surface area contributed by atoms with Gasteiger partial charge in [-0.1, -0.05) is 20.8 Å². The Balaban J connectivity index is 3.59. The Morgan fingerprint density at radius 1 is 1.25 bits per heavy atom. The molecule has 0 saturated carbocycles. The van der Waals surface area contributed by atoms with E-state index in [2.05, 4.69) is 0 Å². The highest BCUT2D eigenvalue weighted by atomic mass is 19.1. The van der Waals surface area contributed by atoms with Crippen molar-refractivity contribution in [2.75, 3.05) is 14.2 Å². The van der Waals surface area contributed by atoms with Gasteiger partial charge in [0, 0.05) is 19.8 Å². The fourth-order valence-electron chi connectivity index (χ4n) is 1.92. The van der Waals surface area contributed by atoms with Gasteiger partial charge in [0.2, 0.25) is 5.78 Å². The highest BCUT2D eigenvalue weighted by molar-refractivity contribution is 6.33. The van der Waals surface area contributed by atoms with Crippen molar-refractivity contribution >= 4 is 12.1 Å². The molecule has 0 aromatic heterocycles. The predicted molar refractivity (Wildman–Crippen MR) is 72.3 cm³/mol. The van der Waals surface area contributed by atoms with Crippen molar-refractivity contribution in [2.45, 2.75) is 32.5 Å². The van der Waals surface area contributed by atoms with Crippen molar-refractivity contribution in [3.05, 3.63) is 34.6 Å². The quantitative estimate of drug-likeness (QED) is 0.361. The molecule has 110 valence electrons. The first-order valence-corrected chi connectivity index (χ1v) is 6.15. The van der Waals surface area contributed by atoms with Crippen LogP contribution in [0.5, 0.6) is 0 Å². The van der Waals surface area contributed by atoms with E-state index in [-0.39, 0.29) is 22.8 Å². The molecule has 0 bridgehead atoms. The fraction of sp³-hybridized carbons (Fsp3) is 0.467. The number of rotatable bonds is 5. The van der Waals surface area contributed by atoms with Gasteiger partial charge in [0.25, 0.3) is 0 Å². The van der Waals surface area contributed by atoms with Crippen LogP contribution in [0.25, 0.3) is 0 Å². The van der Waals surface area contributed by atoms with Crippen molar-refractivity contribution in [3.63, 3.8) is 0 Å². The number of hydrogen-bond acceptors (Lipinski definition) is 4. The van der Waals surface area contributed by atoms with Gasteiger partial charge in [-0.15, -0.1) is 0 Å². The monoisotopic (exact) mass is 282 g/mol. The van der Waals surface area contributed by atoms with Gasteiger partial charge in [-0.25, -0.2) is 4.39 Å². The number of aldehydes is 1. The first kappa shape index (κ1) is 16.5. The molecular formula is C15H19FO4. The lowest BCUT2D eigenvalue weighted by molar-refractivity contribution is -0.107. The van der Waals surface area contributed by atoms with E-state index in [0.29, 0.717) is 5.56 Å².